The predicted molar refractivity (Wildman–Crippen MR) is 130 cm³/mol. The Morgan fingerprint density at radius 2 is 1.76 bits per heavy atom. The van der Waals surface area contributed by atoms with Crippen LogP contribution in [-0.4, -0.2) is 64.9 Å². The Morgan fingerprint density at radius 1 is 1.00 bits per heavy atom. The fourth-order valence-corrected chi connectivity index (χ4v) is 5.93. The third kappa shape index (κ3) is 5.33. The lowest BCUT2D eigenvalue weighted by molar-refractivity contribution is -0.141. The van der Waals surface area contributed by atoms with E-state index in [1.807, 2.05) is 16.6 Å². The number of nitrogens with zero attached hydrogens (tertiary/aromatic N) is 4. The first-order valence-corrected chi connectivity index (χ1v) is 12.9. The number of hydrogen-bond donors (Lipinski definition) is 0. The molecule has 0 bridgehead atoms. The van der Waals surface area contributed by atoms with Gasteiger partial charge in [-0.05, 0) is 43.7 Å². The minimum atomic E-state index is 0.103. The zero-order valence-corrected chi connectivity index (χ0v) is 20.0. The van der Waals surface area contributed by atoms with Crippen LogP contribution in [0.15, 0.2) is 30.5 Å². The number of amides is 1. The summed E-state index contributed by atoms with van der Waals surface area (Å²) in [5.74, 6) is 1.14. The third-order valence-electron chi connectivity index (χ3n) is 7.74. The molecule has 0 spiro atoms. The zero-order chi connectivity index (χ0) is 22.6. The van der Waals surface area contributed by atoms with Gasteiger partial charge >= 0.3 is 0 Å². The lowest BCUT2D eigenvalue weighted by Gasteiger charge is -2.36. The van der Waals surface area contributed by atoms with Crippen molar-refractivity contribution in [3.8, 4) is 11.3 Å². The van der Waals surface area contributed by atoms with Gasteiger partial charge in [0.05, 0.1) is 24.8 Å². The van der Waals surface area contributed by atoms with Gasteiger partial charge in [-0.25, -0.2) is 0 Å². The summed E-state index contributed by atoms with van der Waals surface area (Å²) in [6, 6.07) is 9.16. The third-order valence-corrected chi connectivity index (χ3v) is 7.74. The molecule has 33 heavy (non-hydrogen) atoms. The molecule has 1 saturated carbocycles. The van der Waals surface area contributed by atoms with Gasteiger partial charge in [-0.3, -0.25) is 14.4 Å². The summed E-state index contributed by atoms with van der Waals surface area (Å²) in [4.78, 5) is 17.5. The first-order valence-electron chi connectivity index (χ1n) is 12.9. The van der Waals surface area contributed by atoms with Crippen molar-refractivity contribution in [1.29, 1.82) is 0 Å². The molecule has 1 aliphatic carbocycles. The molecule has 3 heterocycles. The van der Waals surface area contributed by atoms with E-state index in [-0.39, 0.29) is 5.92 Å². The number of carbonyl (C=O) groups is 1. The van der Waals surface area contributed by atoms with Gasteiger partial charge in [-0.2, -0.15) is 5.10 Å². The molecule has 2 saturated heterocycles. The Balaban J connectivity index is 1.26. The molecule has 1 aromatic heterocycles. The van der Waals surface area contributed by atoms with E-state index in [0.717, 1.165) is 57.2 Å². The van der Waals surface area contributed by atoms with Crippen molar-refractivity contribution in [3.05, 3.63) is 41.6 Å². The maximum atomic E-state index is 13.0. The molecule has 1 unspecified atom stereocenters. The molecular formula is C27H38N4O2. The minimum Gasteiger partial charge on any atom is -0.378 e. The van der Waals surface area contributed by atoms with Crippen LogP contribution in [-0.2, 0) is 23.1 Å². The molecular weight excluding hydrogens is 412 g/mol. The number of likely N-dealkylation sites (tertiary alicyclic amines) is 1. The molecule has 1 atom stereocenters. The maximum Gasteiger partial charge on any atom is 0.227 e. The van der Waals surface area contributed by atoms with Crippen LogP contribution in [0.2, 0.25) is 0 Å². The van der Waals surface area contributed by atoms with E-state index < -0.39 is 0 Å². The highest BCUT2D eigenvalue weighted by atomic mass is 16.5. The Hall–Kier alpha value is -2.18. The van der Waals surface area contributed by atoms with Gasteiger partial charge in [-0.15, -0.1) is 0 Å². The number of piperidine rings is 1. The van der Waals surface area contributed by atoms with Crippen LogP contribution in [0, 0.1) is 5.92 Å². The predicted octanol–water partition coefficient (Wildman–Crippen LogP) is 4.21. The van der Waals surface area contributed by atoms with Crippen molar-refractivity contribution in [2.24, 2.45) is 13.0 Å². The Bertz CT molecular complexity index is 926. The summed E-state index contributed by atoms with van der Waals surface area (Å²) >= 11 is 0. The number of carbonyl (C=O) groups excluding carboxylic acids is 1. The van der Waals surface area contributed by atoms with E-state index in [9.17, 15) is 4.79 Å². The van der Waals surface area contributed by atoms with Gasteiger partial charge in [-0.1, -0.05) is 43.5 Å². The fourth-order valence-electron chi connectivity index (χ4n) is 5.93. The number of ether oxygens (including phenoxy) is 1. The van der Waals surface area contributed by atoms with Crippen LogP contribution in [0.1, 0.15) is 62.0 Å². The standard InChI is InChI=1S/C27H38N4O2/c1-29-18-25(20-30-13-5-8-24(19-30)27(32)31-14-16-33-17-15-31)26(28-29)23-11-9-22(10-12-23)21-6-3-2-4-7-21/h9-12,18,21,24H,2-8,13-17,19-20H2,1H3. The summed E-state index contributed by atoms with van der Waals surface area (Å²) in [7, 11) is 2.00. The van der Waals surface area contributed by atoms with Crippen molar-refractivity contribution in [2.75, 3.05) is 39.4 Å². The summed E-state index contributed by atoms with van der Waals surface area (Å²) in [6.07, 6.45) is 11.0. The van der Waals surface area contributed by atoms with Gasteiger partial charge < -0.3 is 9.64 Å². The van der Waals surface area contributed by atoms with Crippen LogP contribution in [0.5, 0.6) is 0 Å². The monoisotopic (exact) mass is 450 g/mol. The van der Waals surface area contributed by atoms with E-state index in [2.05, 4.69) is 35.4 Å². The van der Waals surface area contributed by atoms with Crippen LogP contribution < -0.4 is 0 Å². The fraction of sp³-hybridized carbons (Fsp3) is 0.630. The summed E-state index contributed by atoms with van der Waals surface area (Å²) < 4.78 is 7.35. The molecule has 178 valence electrons. The largest absolute Gasteiger partial charge is 0.378 e. The maximum absolute atomic E-state index is 13.0. The molecule has 2 aromatic rings. The number of morpholine rings is 1. The molecule has 3 fully saturated rings. The van der Waals surface area contributed by atoms with Crippen molar-refractivity contribution in [3.63, 3.8) is 0 Å². The molecule has 0 N–H and O–H groups in total. The number of rotatable bonds is 5. The highest BCUT2D eigenvalue weighted by Crippen LogP contribution is 2.34. The number of aryl methyl sites for hydroxylation is 1. The molecule has 5 rings (SSSR count). The Kier molecular flexibility index (Phi) is 7.12. The van der Waals surface area contributed by atoms with Crippen molar-refractivity contribution in [1.82, 2.24) is 19.6 Å². The second-order valence-corrected chi connectivity index (χ2v) is 10.1. The van der Waals surface area contributed by atoms with E-state index >= 15 is 0 Å². The quantitative estimate of drug-likeness (QED) is 0.685. The lowest BCUT2D eigenvalue weighted by Crippen LogP contribution is -2.48. The second kappa shape index (κ2) is 10.4. The van der Waals surface area contributed by atoms with E-state index in [0.29, 0.717) is 19.1 Å². The Morgan fingerprint density at radius 3 is 2.52 bits per heavy atom. The normalized spacial score (nSPS) is 23.1. The topological polar surface area (TPSA) is 50.6 Å². The van der Waals surface area contributed by atoms with Crippen molar-refractivity contribution >= 4 is 5.91 Å². The summed E-state index contributed by atoms with van der Waals surface area (Å²) in [5, 5.41) is 4.82. The van der Waals surface area contributed by atoms with Crippen LogP contribution >= 0.6 is 0 Å². The van der Waals surface area contributed by atoms with E-state index in [1.54, 1.807) is 0 Å². The highest BCUT2D eigenvalue weighted by Gasteiger charge is 2.30. The van der Waals surface area contributed by atoms with E-state index in [4.69, 9.17) is 9.84 Å². The van der Waals surface area contributed by atoms with Crippen LogP contribution in [0.3, 0.4) is 0 Å². The lowest BCUT2D eigenvalue weighted by atomic mass is 9.84. The van der Waals surface area contributed by atoms with Gasteiger partial charge in [0.15, 0.2) is 0 Å². The Labute approximate surface area is 197 Å². The smallest absolute Gasteiger partial charge is 0.227 e. The van der Waals surface area contributed by atoms with Gasteiger partial charge in [0.25, 0.3) is 0 Å². The SMILES string of the molecule is Cn1cc(CN2CCCC(C(=O)N3CCOCC3)C2)c(-c2ccc(C3CCCCC3)cc2)n1. The van der Waals surface area contributed by atoms with Gasteiger partial charge in [0.1, 0.15) is 0 Å². The van der Waals surface area contributed by atoms with Crippen molar-refractivity contribution in [2.45, 2.75) is 57.4 Å². The van der Waals surface area contributed by atoms with Crippen LogP contribution in [0.25, 0.3) is 11.3 Å². The number of hydrogen-bond acceptors (Lipinski definition) is 4. The summed E-state index contributed by atoms with van der Waals surface area (Å²) in [6.45, 7) is 5.53. The molecule has 1 aromatic carbocycles. The number of benzene rings is 1. The average Bonchev–Trinajstić information content (AvgIpc) is 3.24. The molecule has 6 nitrogen and oxygen atoms in total. The molecule has 0 radical (unpaired) electrons. The van der Waals surface area contributed by atoms with Crippen molar-refractivity contribution < 1.29 is 9.53 Å². The van der Waals surface area contributed by atoms with E-state index in [1.165, 1.54) is 48.8 Å². The molecule has 3 aliphatic rings. The molecule has 1 amide bonds. The minimum absolute atomic E-state index is 0.103. The molecule has 2 aliphatic heterocycles. The summed E-state index contributed by atoms with van der Waals surface area (Å²) in [5.41, 5.74) is 5.01. The van der Waals surface area contributed by atoms with Gasteiger partial charge in [0.2, 0.25) is 5.91 Å². The first kappa shape index (κ1) is 22.6. The van der Waals surface area contributed by atoms with Crippen LogP contribution in [0.4, 0.5) is 0 Å². The second-order valence-electron chi connectivity index (χ2n) is 10.1. The number of aromatic nitrogens is 2. The zero-order valence-electron chi connectivity index (χ0n) is 20.0. The highest BCUT2D eigenvalue weighted by molar-refractivity contribution is 5.79. The van der Waals surface area contributed by atoms with Gasteiger partial charge in [0, 0.05) is 50.6 Å². The first-order chi connectivity index (χ1) is 16.2. The average molecular weight is 451 g/mol. The molecule has 6 heteroatoms.